The summed E-state index contributed by atoms with van der Waals surface area (Å²) < 4.78 is 0.254. The average Bonchev–Trinajstić information content (AvgIpc) is 2.96. The van der Waals surface area contributed by atoms with Gasteiger partial charge in [-0.05, 0) is 38.4 Å². The number of carbonyl (C=O) groups is 1. The van der Waals surface area contributed by atoms with E-state index in [0.717, 1.165) is 32.2 Å². The zero-order valence-corrected chi connectivity index (χ0v) is 11.6. The summed E-state index contributed by atoms with van der Waals surface area (Å²) in [5.74, 6) is 1.43. The topological polar surface area (TPSA) is 55.1 Å². The van der Waals surface area contributed by atoms with Crippen molar-refractivity contribution >= 4 is 17.7 Å². The molecule has 2 fully saturated rings. The molecule has 2 rings (SSSR count). The predicted molar refractivity (Wildman–Crippen MR) is 73.1 cm³/mol. The Morgan fingerprint density at radius 1 is 1.29 bits per heavy atom. The molecule has 0 aromatic rings. The average molecular weight is 256 g/mol. The summed E-state index contributed by atoms with van der Waals surface area (Å²) in [5.41, 5.74) is 5.57. The Hall–Kier alpha value is -0.220. The summed E-state index contributed by atoms with van der Waals surface area (Å²) in [5, 5.41) is 3.16. The van der Waals surface area contributed by atoms with Crippen LogP contribution < -0.4 is 11.1 Å². The van der Waals surface area contributed by atoms with Gasteiger partial charge in [-0.15, -0.1) is 0 Å². The SMILES string of the molecule is CC1(CNC(=O)C2(CN)CCCC2)CCCS1. The van der Waals surface area contributed by atoms with Gasteiger partial charge in [0.15, 0.2) is 0 Å². The molecule has 17 heavy (non-hydrogen) atoms. The first kappa shape index (κ1) is 13.2. The van der Waals surface area contributed by atoms with Crippen molar-refractivity contribution in [1.29, 1.82) is 0 Å². The second kappa shape index (κ2) is 5.19. The molecule has 1 atom stereocenters. The molecule has 4 heteroatoms. The van der Waals surface area contributed by atoms with Gasteiger partial charge in [-0.25, -0.2) is 0 Å². The quantitative estimate of drug-likeness (QED) is 0.808. The summed E-state index contributed by atoms with van der Waals surface area (Å²) in [6, 6.07) is 0. The van der Waals surface area contributed by atoms with Crippen molar-refractivity contribution in [2.75, 3.05) is 18.8 Å². The third kappa shape index (κ3) is 2.79. The molecule has 0 aromatic heterocycles. The molecule has 0 bridgehead atoms. The van der Waals surface area contributed by atoms with Crippen molar-refractivity contribution in [2.24, 2.45) is 11.1 Å². The van der Waals surface area contributed by atoms with E-state index in [9.17, 15) is 4.79 Å². The summed E-state index contributed by atoms with van der Waals surface area (Å²) in [6.07, 6.45) is 6.73. The first-order valence-electron chi connectivity index (χ1n) is 6.73. The van der Waals surface area contributed by atoms with E-state index >= 15 is 0 Å². The minimum Gasteiger partial charge on any atom is -0.354 e. The Morgan fingerprint density at radius 3 is 2.53 bits per heavy atom. The molecule has 3 N–H and O–H groups in total. The zero-order chi connectivity index (χ0) is 12.4. The number of hydrogen-bond donors (Lipinski definition) is 2. The molecule has 0 radical (unpaired) electrons. The number of rotatable bonds is 4. The van der Waals surface area contributed by atoms with E-state index in [2.05, 4.69) is 12.2 Å². The highest BCUT2D eigenvalue weighted by atomic mass is 32.2. The van der Waals surface area contributed by atoms with Crippen LogP contribution in [0.25, 0.3) is 0 Å². The van der Waals surface area contributed by atoms with Crippen molar-refractivity contribution < 1.29 is 4.79 Å². The Balaban J connectivity index is 1.88. The fourth-order valence-electron chi connectivity index (χ4n) is 3.01. The van der Waals surface area contributed by atoms with Gasteiger partial charge in [-0.3, -0.25) is 4.79 Å². The van der Waals surface area contributed by atoms with Crippen LogP contribution >= 0.6 is 11.8 Å². The summed E-state index contributed by atoms with van der Waals surface area (Å²) in [4.78, 5) is 12.3. The van der Waals surface area contributed by atoms with Gasteiger partial charge in [0.05, 0.1) is 5.41 Å². The molecule has 1 unspecified atom stereocenters. The monoisotopic (exact) mass is 256 g/mol. The van der Waals surface area contributed by atoms with Crippen LogP contribution in [0.5, 0.6) is 0 Å². The number of carbonyl (C=O) groups excluding carboxylic acids is 1. The molecule has 1 heterocycles. The van der Waals surface area contributed by atoms with Crippen LogP contribution in [0, 0.1) is 5.41 Å². The molecule has 1 aliphatic heterocycles. The van der Waals surface area contributed by atoms with Crippen LogP contribution in [0.3, 0.4) is 0 Å². The maximum Gasteiger partial charge on any atom is 0.227 e. The highest BCUT2D eigenvalue weighted by Crippen LogP contribution is 2.39. The molecule has 3 nitrogen and oxygen atoms in total. The molecule has 0 spiro atoms. The standard InChI is InChI=1S/C13H24N2OS/c1-12(5-4-8-17-12)10-15-11(16)13(9-14)6-2-3-7-13/h2-10,14H2,1H3,(H,15,16). The van der Waals surface area contributed by atoms with Crippen LogP contribution in [0.15, 0.2) is 0 Å². The maximum absolute atomic E-state index is 12.3. The second-order valence-electron chi connectivity index (χ2n) is 5.78. The van der Waals surface area contributed by atoms with Crippen molar-refractivity contribution in [3.8, 4) is 0 Å². The van der Waals surface area contributed by atoms with Crippen molar-refractivity contribution in [3.05, 3.63) is 0 Å². The van der Waals surface area contributed by atoms with Gasteiger partial charge >= 0.3 is 0 Å². The first-order valence-corrected chi connectivity index (χ1v) is 7.71. The highest BCUT2D eigenvalue weighted by Gasteiger charge is 2.40. The van der Waals surface area contributed by atoms with Gasteiger partial charge in [0.25, 0.3) is 0 Å². The predicted octanol–water partition coefficient (Wildman–Crippen LogP) is 1.91. The van der Waals surface area contributed by atoms with Gasteiger partial charge in [0.2, 0.25) is 5.91 Å². The Bertz CT molecular complexity index is 281. The third-order valence-corrected chi connectivity index (χ3v) is 5.89. The normalized spacial score (nSPS) is 31.6. The van der Waals surface area contributed by atoms with Crippen LogP contribution in [0.1, 0.15) is 45.4 Å². The Labute approximate surface area is 108 Å². The van der Waals surface area contributed by atoms with E-state index < -0.39 is 0 Å². The van der Waals surface area contributed by atoms with E-state index in [1.165, 1.54) is 18.6 Å². The van der Waals surface area contributed by atoms with Gasteiger partial charge in [-0.1, -0.05) is 12.8 Å². The molecule has 1 aliphatic carbocycles. The maximum atomic E-state index is 12.3. The number of amides is 1. The number of nitrogens with one attached hydrogen (secondary N) is 1. The van der Waals surface area contributed by atoms with E-state index in [4.69, 9.17) is 5.73 Å². The Morgan fingerprint density at radius 2 is 2.00 bits per heavy atom. The summed E-state index contributed by atoms with van der Waals surface area (Å²) in [7, 11) is 0. The second-order valence-corrected chi connectivity index (χ2v) is 7.46. The lowest BCUT2D eigenvalue weighted by molar-refractivity contribution is -0.130. The van der Waals surface area contributed by atoms with E-state index in [0.29, 0.717) is 6.54 Å². The van der Waals surface area contributed by atoms with Crippen LogP contribution in [-0.2, 0) is 4.79 Å². The summed E-state index contributed by atoms with van der Waals surface area (Å²) in [6.45, 7) is 3.57. The number of hydrogen-bond acceptors (Lipinski definition) is 3. The number of thioether (sulfide) groups is 1. The van der Waals surface area contributed by atoms with Gasteiger partial charge in [-0.2, -0.15) is 11.8 Å². The van der Waals surface area contributed by atoms with Crippen molar-refractivity contribution in [3.63, 3.8) is 0 Å². The fourth-order valence-corrected chi connectivity index (χ4v) is 4.25. The highest BCUT2D eigenvalue weighted by molar-refractivity contribution is 8.00. The van der Waals surface area contributed by atoms with Crippen molar-refractivity contribution in [1.82, 2.24) is 5.32 Å². The lowest BCUT2D eigenvalue weighted by Crippen LogP contribution is -2.47. The van der Waals surface area contributed by atoms with E-state index in [1.807, 2.05) is 11.8 Å². The van der Waals surface area contributed by atoms with E-state index in [-0.39, 0.29) is 16.1 Å². The molecular formula is C13H24N2OS. The Kier molecular flexibility index (Phi) is 4.03. The first-order chi connectivity index (χ1) is 8.10. The molecule has 1 saturated carbocycles. The number of nitrogens with two attached hydrogens (primary N) is 1. The smallest absolute Gasteiger partial charge is 0.227 e. The summed E-state index contributed by atoms with van der Waals surface area (Å²) >= 11 is 1.99. The zero-order valence-electron chi connectivity index (χ0n) is 10.8. The minimum absolute atomic E-state index is 0.200. The largest absolute Gasteiger partial charge is 0.354 e. The van der Waals surface area contributed by atoms with Crippen LogP contribution in [0.4, 0.5) is 0 Å². The minimum atomic E-state index is -0.250. The van der Waals surface area contributed by atoms with E-state index in [1.54, 1.807) is 0 Å². The van der Waals surface area contributed by atoms with Crippen LogP contribution in [0.2, 0.25) is 0 Å². The molecule has 0 aromatic carbocycles. The van der Waals surface area contributed by atoms with Gasteiger partial charge < -0.3 is 11.1 Å². The lowest BCUT2D eigenvalue weighted by Gasteiger charge is -2.29. The van der Waals surface area contributed by atoms with Gasteiger partial charge in [0, 0.05) is 17.8 Å². The van der Waals surface area contributed by atoms with Gasteiger partial charge in [0.1, 0.15) is 0 Å². The molecule has 1 amide bonds. The molecular weight excluding hydrogens is 232 g/mol. The van der Waals surface area contributed by atoms with Crippen LogP contribution in [-0.4, -0.2) is 29.5 Å². The lowest BCUT2D eigenvalue weighted by atomic mass is 9.85. The molecule has 98 valence electrons. The fraction of sp³-hybridized carbons (Fsp3) is 0.923. The molecule has 1 saturated heterocycles. The van der Waals surface area contributed by atoms with Crippen molar-refractivity contribution in [2.45, 2.75) is 50.2 Å². The molecule has 2 aliphatic rings. The third-order valence-electron chi connectivity index (χ3n) is 4.36.